The van der Waals surface area contributed by atoms with Crippen LogP contribution in [0.3, 0.4) is 0 Å². The fourth-order valence-corrected chi connectivity index (χ4v) is 3.63. The van der Waals surface area contributed by atoms with E-state index in [1.54, 1.807) is 6.07 Å². The molecule has 6 heteroatoms. The Morgan fingerprint density at radius 2 is 2.12 bits per heavy atom. The summed E-state index contributed by atoms with van der Waals surface area (Å²) in [5, 5.41) is 6.26. The highest BCUT2D eigenvalue weighted by molar-refractivity contribution is 5.81. The summed E-state index contributed by atoms with van der Waals surface area (Å²) in [7, 11) is 0. The van der Waals surface area contributed by atoms with Gasteiger partial charge < -0.3 is 10.6 Å². The second kappa shape index (κ2) is 8.03. The zero-order valence-corrected chi connectivity index (χ0v) is 13.9. The van der Waals surface area contributed by atoms with Crippen LogP contribution in [0.2, 0.25) is 0 Å². The van der Waals surface area contributed by atoms with Crippen molar-refractivity contribution >= 4 is 5.91 Å². The number of likely N-dealkylation sites (tertiary alicyclic amines) is 1. The Morgan fingerprint density at radius 1 is 1.25 bits per heavy atom. The van der Waals surface area contributed by atoms with Crippen molar-refractivity contribution in [2.75, 3.05) is 26.2 Å². The van der Waals surface area contributed by atoms with Crippen molar-refractivity contribution in [2.45, 2.75) is 38.3 Å². The largest absolute Gasteiger partial charge is 0.354 e. The molecule has 2 aliphatic heterocycles. The monoisotopic (exact) mass is 337 g/mol. The van der Waals surface area contributed by atoms with Gasteiger partial charge in [0, 0.05) is 19.6 Å². The van der Waals surface area contributed by atoms with E-state index in [-0.39, 0.29) is 11.9 Å². The summed E-state index contributed by atoms with van der Waals surface area (Å²) in [4.78, 5) is 14.3. The zero-order chi connectivity index (χ0) is 16.9. The summed E-state index contributed by atoms with van der Waals surface area (Å²) in [6, 6.07) is 4.05. The molecule has 2 fully saturated rings. The van der Waals surface area contributed by atoms with Crippen LogP contribution in [0.4, 0.5) is 8.78 Å². The van der Waals surface area contributed by atoms with Gasteiger partial charge in [0.25, 0.3) is 0 Å². The highest BCUT2D eigenvalue weighted by Crippen LogP contribution is 2.19. The van der Waals surface area contributed by atoms with Gasteiger partial charge >= 0.3 is 0 Å². The van der Waals surface area contributed by atoms with Gasteiger partial charge in [-0.2, -0.15) is 0 Å². The number of nitrogens with one attached hydrogen (secondary N) is 2. The van der Waals surface area contributed by atoms with Gasteiger partial charge in [-0.3, -0.25) is 9.69 Å². The van der Waals surface area contributed by atoms with Crippen LogP contribution >= 0.6 is 0 Å². The Morgan fingerprint density at radius 3 is 2.88 bits per heavy atom. The number of piperidine rings is 1. The molecule has 0 radical (unpaired) electrons. The lowest BCUT2D eigenvalue weighted by Gasteiger charge is -2.33. The Hall–Kier alpha value is -1.53. The molecule has 2 saturated heterocycles. The molecule has 0 saturated carbocycles. The van der Waals surface area contributed by atoms with Gasteiger partial charge in [0.05, 0.1) is 6.04 Å². The first-order chi connectivity index (χ1) is 11.6. The first-order valence-corrected chi connectivity index (χ1v) is 8.79. The fraction of sp³-hybridized carbons (Fsp3) is 0.611. The molecule has 132 valence electrons. The third-order valence-corrected chi connectivity index (χ3v) is 4.94. The SMILES string of the molecule is O=C(NCC1CCCN(Cc2ccc(F)c(F)c2)C1)C1CCCN1. The molecule has 0 aromatic heterocycles. The summed E-state index contributed by atoms with van der Waals surface area (Å²) >= 11 is 0. The van der Waals surface area contributed by atoms with Crippen molar-refractivity contribution in [1.29, 1.82) is 0 Å². The summed E-state index contributed by atoms with van der Waals surface area (Å²) in [5.74, 6) is -1.09. The number of carbonyl (C=O) groups is 1. The molecule has 24 heavy (non-hydrogen) atoms. The molecular weight excluding hydrogens is 312 g/mol. The van der Waals surface area contributed by atoms with Gasteiger partial charge in [-0.15, -0.1) is 0 Å². The topological polar surface area (TPSA) is 44.4 Å². The molecule has 2 atom stereocenters. The second-order valence-corrected chi connectivity index (χ2v) is 6.89. The average molecular weight is 337 g/mol. The summed E-state index contributed by atoms with van der Waals surface area (Å²) in [5.41, 5.74) is 0.786. The first kappa shape index (κ1) is 17.3. The van der Waals surface area contributed by atoms with Gasteiger partial charge in [0.2, 0.25) is 5.91 Å². The van der Waals surface area contributed by atoms with E-state index < -0.39 is 11.6 Å². The number of hydrogen-bond acceptors (Lipinski definition) is 3. The van der Waals surface area contributed by atoms with Crippen LogP contribution in [0.5, 0.6) is 0 Å². The van der Waals surface area contributed by atoms with Crippen molar-refractivity contribution in [3.63, 3.8) is 0 Å². The van der Waals surface area contributed by atoms with Crippen LogP contribution in [-0.2, 0) is 11.3 Å². The van der Waals surface area contributed by atoms with Crippen LogP contribution in [0.15, 0.2) is 18.2 Å². The Balaban J connectivity index is 1.47. The van der Waals surface area contributed by atoms with E-state index in [1.165, 1.54) is 12.1 Å². The third-order valence-electron chi connectivity index (χ3n) is 4.94. The molecule has 1 aromatic rings. The minimum atomic E-state index is -0.807. The summed E-state index contributed by atoms with van der Waals surface area (Å²) in [6.07, 6.45) is 4.13. The van der Waals surface area contributed by atoms with Crippen LogP contribution < -0.4 is 10.6 Å². The molecule has 3 rings (SSSR count). The van der Waals surface area contributed by atoms with Crippen molar-refractivity contribution in [2.24, 2.45) is 5.92 Å². The molecule has 2 N–H and O–H groups in total. The number of halogens is 2. The van der Waals surface area contributed by atoms with Gasteiger partial charge in [0.15, 0.2) is 11.6 Å². The smallest absolute Gasteiger partial charge is 0.237 e. The quantitative estimate of drug-likeness (QED) is 0.864. The Bertz CT molecular complexity index is 575. The van der Waals surface area contributed by atoms with Gasteiger partial charge in [-0.05, 0) is 62.4 Å². The number of rotatable bonds is 5. The van der Waals surface area contributed by atoms with Crippen molar-refractivity contribution in [3.8, 4) is 0 Å². The maximum Gasteiger partial charge on any atom is 0.237 e. The molecule has 1 aromatic carbocycles. The predicted molar refractivity (Wildman–Crippen MR) is 88.4 cm³/mol. The van der Waals surface area contributed by atoms with Crippen LogP contribution in [-0.4, -0.2) is 43.0 Å². The van der Waals surface area contributed by atoms with E-state index in [9.17, 15) is 13.6 Å². The lowest BCUT2D eigenvalue weighted by atomic mass is 9.97. The van der Waals surface area contributed by atoms with Crippen molar-refractivity contribution < 1.29 is 13.6 Å². The number of amides is 1. The normalized spacial score (nSPS) is 24.9. The number of nitrogens with zero attached hydrogens (tertiary/aromatic N) is 1. The lowest BCUT2D eigenvalue weighted by molar-refractivity contribution is -0.123. The Labute approximate surface area is 141 Å². The van der Waals surface area contributed by atoms with Crippen LogP contribution in [0, 0.1) is 17.6 Å². The zero-order valence-electron chi connectivity index (χ0n) is 13.9. The molecule has 4 nitrogen and oxygen atoms in total. The van der Waals surface area contributed by atoms with E-state index in [0.717, 1.165) is 50.9 Å². The third kappa shape index (κ3) is 4.51. The maximum absolute atomic E-state index is 13.3. The highest BCUT2D eigenvalue weighted by Gasteiger charge is 2.24. The summed E-state index contributed by atoms with van der Waals surface area (Å²) in [6.45, 7) is 4.05. The van der Waals surface area contributed by atoms with Crippen molar-refractivity contribution in [3.05, 3.63) is 35.4 Å². The minimum Gasteiger partial charge on any atom is -0.354 e. The molecule has 2 heterocycles. The Kier molecular flexibility index (Phi) is 5.79. The minimum absolute atomic E-state index is 0.0353. The fourth-order valence-electron chi connectivity index (χ4n) is 3.63. The highest BCUT2D eigenvalue weighted by atomic mass is 19.2. The van der Waals surface area contributed by atoms with Gasteiger partial charge in [-0.1, -0.05) is 6.07 Å². The molecule has 2 unspecified atom stereocenters. The number of hydrogen-bond donors (Lipinski definition) is 2. The second-order valence-electron chi connectivity index (χ2n) is 6.89. The molecular formula is C18H25F2N3O. The molecule has 0 aliphatic carbocycles. The van der Waals surface area contributed by atoms with E-state index in [4.69, 9.17) is 0 Å². The molecule has 0 spiro atoms. The first-order valence-electron chi connectivity index (χ1n) is 8.79. The maximum atomic E-state index is 13.3. The number of carbonyl (C=O) groups excluding carboxylic acids is 1. The van der Waals surface area contributed by atoms with Gasteiger partial charge in [-0.25, -0.2) is 8.78 Å². The molecule has 0 bridgehead atoms. The van der Waals surface area contributed by atoms with E-state index in [1.807, 2.05) is 0 Å². The molecule has 1 amide bonds. The lowest BCUT2D eigenvalue weighted by Crippen LogP contribution is -2.45. The van der Waals surface area contributed by atoms with E-state index >= 15 is 0 Å². The standard InChI is InChI=1S/C18H25F2N3O/c19-15-6-5-13(9-16(15)20)11-23-8-2-3-14(12-23)10-22-18(24)17-4-1-7-21-17/h5-6,9,14,17,21H,1-4,7-8,10-12H2,(H,22,24). The van der Waals surface area contributed by atoms with Gasteiger partial charge in [0.1, 0.15) is 0 Å². The van der Waals surface area contributed by atoms with Crippen LogP contribution in [0.25, 0.3) is 0 Å². The van der Waals surface area contributed by atoms with Crippen LogP contribution in [0.1, 0.15) is 31.2 Å². The van der Waals surface area contributed by atoms with E-state index in [2.05, 4.69) is 15.5 Å². The average Bonchev–Trinajstić information content (AvgIpc) is 3.11. The predicted octanol–water partition coefficient (Wildman–Crippen LogP) is 2.04. The number of benzene rings is 1. The summed E-state index contributed by atoms with van der Waals surface area (Å²) < 4.78 is 26.3. The van der Waals surface area contributed by atoms with E-state index in [0.29, 0.717) is 19.0 Å². The van der Waals surface area contributed by atoms with Crippen molar-refractivity contribution in [1.82, 2.24) is 15.5 Å². The molecule has 2 aliphatic rings.